The largest absolute Gasteiger partial charge is 0.273 e. The molecule has 26 heavy (non-hydrogen) atoms. The highest BCUT2D eigenvalue weighted by molar-refractivity contribution is 5.78. The number of nitrogens with one attached hydrogen (secondary N) is 2. The van der Waals surface area contributed by atoms with Gasteiger partial charge in [0.25, 0.3) is 0 Å². The van der Waals surface area contributed by atoms with Crippen LogP contribution >= 0.6 is 0 Å². The lowest BCUT2D eigenvalue weighted by molar-refractivity contribution is -0.465. The third kappa shape index (κ3) is 2.39. The Kier molecular flexibility index (Phi) is 3.81. The maximum absolute atomic E-state index is 13.3. The number of imidazole rings is 1. The van der Waals surface area contributed by atoms with Crippen molar-refractivity contribution in [3.8, 4) is 6.07 Å². The molecule has 0 unspecified atom stereocenters. The molecule has 0 radical (unpaired) electrons. The number of halogens is 1. The number of fused-ring (bicyclic) bond motifs is 3. The number of H-pyrrole nitrogens is 1. The number of benzene rings is 2. The number of anilines is 2. The highest BCUT2D eigenvalue weighted by Gasteiger charge is 2.25. The summed E-state index contributed by atoms with van der Waals surface area (Å²) < 4.78 is 15.3. The minimum absolute atomic E-state index is 0.271. The van der Waals surface area contributed by atoms with E-state index in [1.165, 1.54) is 12.1 Å². The van der Waals surface area contributed by atoms with Gasteiger partial charge in [0.05, 0.1) is 5.69 Å². The van der Waals surface area contributed by atoms with Crippen LogP contribution in [0.2, 0.25) is 0 Å². The molecule has 0 aliphatic heterocycles. The minimum Gasteiger partial charge on any atom is -0.273 e. The van der Waals surface area contributed by atoms with Gasteiger partial charge >= 0.3 is 0 Å². The Morgan fingerprint density at radius 3 is 2.58 bits per heavy atom. The number of pyridine rings is 1. The van der Waals surface area contributed by atoms with Crippen molar-refractivity contribution in [1.82, 2.24) is 4.98 Å². The van der Waals surface area contributed by atoms with E-state index in [9.17, 15) is 9.65 Å². The van der Waals surface area contributed by atoms with E-state index in [1.54, 1.807) is 12.1 Å². The molecule has 0 spiro atoms. The Hall–Kier alpha value is -3.39. The van der Waals surface area contributed by atoms with Gasteiger partial charge in [0.1, 0.15) is 28.5 Å². The molecular formula is C21H18FN4+. The molecule has 4 nitrogen and oxygen atoms in total. The fourth-order valence-corrected chi connectivity index (χ4v) is 3.50. The summed E-state index contributed by atoms with van der Waals surface area (Å²) in [5.74, 6) is 0.621. The molecule has 0 amide bonds. The molecular weight excluding hydrogens is 327 g/mol. The van der Waals surface area contributed by atoms with E-state index in [-0.39, 0.29) is 5.82 Å². The number of aromatic amines is 1. The van der Waals surface area contributed by atoms with Crippen LogP contribution in [0.4, 0.5) is 15.9 Å². The summed E-state index contributed by atoms with van der Waals surface area (Å²) in [4.78, 5) is 3.37. The zero-order chi connectivity index (χ0) is 18.3. The van der Waals surface area contributed by atoms with Crippen LogP contribution in [0.25, 0.3) is 16.7 Å². The molecule has 0 aliphatic carbocycles. The second-order valence-corrected chi connectivity index (χ2v) is 6.25. The fourth-order valence-electron chi connectivity index (χ4n) is 3.50. The zero-order valence-corrected chi connectivity index (χ0v) is 14.6. The Labute approximate surface area is 150 Å². The minimum atomic E-state index is -0.271. The monoisotopic (exact) mass is 345 g/mol. The fraction of sp³-hybridized carbons (Fsp3) is 0.143. The molecule has 0 saturated carbocycles. The van der Waals surface area contributed by atoms with Gasteiger partial charge in [0, 0.05) is 5.56 Å². The molecule has 0 aliphatic rings. The molecule has 128 valence electrons. The van der Waals surface area contributed by atoms with Crippen molar-refractivity contribution in [1.29, 1.82) is 5.26 Å². The number of aromatic nitrogens is 2. The Morgan fingerprint density at radius 1 is 1.15 bits per heavy atom. The van der Waals surface area contributed by atoms with E-state index in [4.69, 9.17) is 0 Å². The Balaban J connectivity index is 2.09. The van der Waals surface area contributed by atoms with Crippen LogP contribution in [0.1, 0.15) is 23.6 Å². The molecule has 5 heteroatoms. The number of hydrogen-bond donors (Lipinski definition) is 2. The standard InChI is InChI=1S/C21H17FN4/c1-3-16-13(2)17(12-23)21-25-18-6-4-5-7-19(18)26(21)20(16)24-15-10-8-14(22)9-11-15/h4-11H,3H2,1-2H3,(H,24,25)/p+1. The topological polar surface area (TPSA) is 55.7 Å². The van der Waals surface area contributed by atoms with Crippen LogP contribution in [-0.2, 0) is 6.42 Å². The van der Waals surface area contributed by atoms with Gasteiger partial charge < -0.3 is 0 Å². The van der Waals surface area contributed by atoms with Crippen LogP contribution in [0.15, 0.2) is 48.5 Å². The first-order valence-corrected chi connectivity index (χ1v) is 8.54. The number of hydrogen-bond acceptors (Lipinski definition) is 2. The summed E-state index contributed by atoms with van der Waals surface area (Å²) in [5, 5.41) is 13.2. The van der Waals surface area contributed by atoms with E-state index >= 15 is 0 Å². The highest BCUT2D eigenvalue weighted by atomic mass is 19.1. The molecule has 2 N–H and O–H groups in total. The highest BCUT2D eigenvalue weighted by Crippen LogP contribution is 2.27. The van der Waals surface area contributed by atoms with E-state index in [0.717, 1.165) is 45.7 Å². The first kappa shape index (κ1) is 16.1. The SMILES string of the molecule is CCc1c(C)c(C#N)c2[nH]c3ccccc3[n+]2c1Nc1ccc(F)cc1. The number of rotatable bonds is 3. The van der Waals surface area contributed by atoms with E-state index in [0.29, 0.717) is 5.56 Å². The van der Waals surface area contributed by atoms with Crippen LogP contribution in [0.3, 0.4) is 0 Å². The maximum Gasteiger partial charge on any atom is 0.250 e. The van der Waals surface area contributed by atoms with Gasteiger partial charge in [-0.2, -0.15) is 9.66 Å². The van der Waals surface area contributed by atoms with E-state index in [2.05, 4.69) is 23.3 Å². The van der Waals surface area contributed by atoms with Crippen molar-refractivity contribution in [2.75, 3.05) is 5.32 Å². The van der Waals surface area contributed by atoms with Crippen LogP contribution in [0.5, 0.6) is 0 Å². The lowest BCUT2D eigenvalue weighted by Gasteiger charge is -2.12. The number of nitriles is 1. The van der Waals surface area contributed by atoms with Crippen molar-refractivity contribution in [2.24, 2.45) is 0 Å². The predicted octanol–water partition coefficient (Wildman–Crippen LogP) is 4.53. The van der Waals surface area contributed by atoms with Gasteiger partial charge in [-0.3, -0.25) is 10.3 Å². The first-order valence-electron chi connectivity index (χ1n) is 8.54. The van der Waals surface area contributed by atoms with Gasteiger partial charge in [-0.05, 0) is 55.3 Å². The van der Waals surface area contributed by atoms with Crippen molar-refractivity contribution < 1.29 is 8.79 Å². The second-order valence-electron chi connectivity index (χ2n) is 6.25. The van der Waals surface area contributed by atoms with Gasteiger partial charge in [-0.15, -0.1) is 0 Å². The molecule has 2 heterocycles. The zero-order valence-electron chi connectivity index (χ0n) is 14.6. The predicted molar refractivity (Wildman–Crippen MR) is 100.0 cm³/mol. The third-order valence-electron chi connectivity index (χ3n) is 4.77. The maximum atomic E-state index is 13.3. The van der Waals surface area contributed by atoms with Crippen molar-refractivity contribution in [2.45, 2.75) is 20.3 Å². The Bertz CT molecular complexity index is 1170. The average molecular weight is 345 g/mol. The molecule has 4 aromatic rings. The summed E-state index contributed by atoms with van der Waals surface area (Å²) in [6, 6.07) is 16.6. The van der Waals surface area contributed by atoms with Crippen molar-refractivity contribution >= 4 is 28.2 Å². The molecule has 2 aromatic heterocycles. The molecule has 0 fully saturated rings. The van der Waals surface area contributed by atoms with Crippen molar-refractivity contribution in [3.63, 3.8) is 0 Å². The molecule has 0 bridgehead atoms. The third-order valence-corrected chi connectivity index (χ3v) is 4.77. The summed E-state index contributed by atoms with van der Waals surface area (Å²) >= 11 is 0. The molecule has 0 saturated heterocycles. The molecule has 2 aromatic carbocycles. The average Bonchev–Trinajstić information content (AvgIpc) is 3.03. The number of nitrogens with zero attached hydrogens (tertiary/aromatic N) is 2. The van der Waals surface area contributed by atoms with Crippen LogP contribution < -0.4 is 9.72 Å². The summed E-state index contributed by atoms with van der Waals surface area (Å²) in [6.07, 6.45) is 0.770. The smallest absolute Gasteiger partial charge is 0.250 e. The molecule has 0 atom stereocenters. The number of para-hydroxylation sites is 2. The van der Waals surface area contributed by atoms with Gasteiger partial charge in [0.2, 0.25) is 11.5 Å². The van der Waals surface area contributed by atoms with E-state index < -0.39 is 0 Å². The van der Waals surface area contributed by atoms with Crippen molar-refractivity contribution in [3.05, 3.63) is 71.0 Å². The Morgan fingerprint density at radius 2 is 1.88 bits per heavy atom. The van der Waals surface area contributed by atoms with Gasteiger partial charge in [-0.25, -0.2) is 4.39 Å². The summed E-state index contributed by atoms with van der Waals surface area (Å²) in [5.41, 5.74) is 6.15. The van der Waals surface area contributed by atoms with Gasteiger partial charge in [-0.1, -0.05) is 19.1 Å². The summed E-state index contributed by atoms with van der Waals surface area (Å²) in [7, 11) is 0. The van der Waals surface area contributed by atoms with Gasteiger partial charge in [0.15, 0.2) is 0 Å². The summed E-state index contributed by atoms with van der Waals surface area (Å²) in [6.45, 7) is 4.04. The first-order chi connectivity index (χ1) is 12.6. The lowest BCUT2D eigenvalue weighted by atomic mass is 10.0. The van der Waals surface area contributed by atoms with Crippen LogP contribution in [-0.4, -0.2) is 4.98 Å². The van der Waals surface area contributed by atoms with E-state index in [1.807, 2.05) is 35.6 Å². The normalized spacial score (nSPS) is 11.0. The van der Waals surface area contributed by atoms with Crippen LogP contribution in [0, 0.1) is 24.1 Å². The molecule has 4 rings (SSSR count). The lowest BCUT2D eigenvalue weighted by Crippen LogP contribution is -2.28. The quantitative estimate of drug-likeness (QED) is 0.536. The second kappa shape index (κ2) is 6.16.